The van der Waals surface area contributed by atoms with Crippen LogP contribution in [-0.4, -0.2) is 78.4 Å². The highest BCUT2D eigenvalue weighted by Crippen LogP contribution is 2.29. The summed E-state index contributed by atoms with van der Waals surface area (Å²) in [6.45, 7) is 12.9. The van der Waals surface area contributed by atoms with Gasteiger partial charge in [0.05, 0.1) is 11.0 Å². The number of nitrogens with zero attached hydrogens (tertiary/aromatic N) is 3. The number of aromatic nitrogens is 5. The summed E-state index contributed by atoms with van der Waals surface area (Å²) < 4.78 is 11.7. The highest BCUT2D eigenvalue weighted by Gasteiger charge is 2.30. The quantitative estimate of drug-likeness (QED) is 0.0851. The van der Waals surface area contributed by atoms with Gasteiger partial charge in [-0.25, -0.2) is 19.4 Å². The molecular weight excluding hydrogens is 783 g/mol. The van der Waals surface area contributed by atoms with Crippen LogP contribution in [0.3, 0.4) is 0 Å². The van der Waals surface area contributed by atoms with Crippen LogP contribution in [0.1, 0.15) is 89.0 Å². The lowest BCUT2D eigenvalue weighted by Gasteiger charge is -2.29. The van der Waals surface area contributed by atoms with Gasteiger partial charge in [-0.15, -0.1) is 5.10 Å². The van der Waals surface area contributed by atoms with Crippen LogP contribution >= 0.6 is 0 Å². The summed E-state index contributed by atoms with van der Waals surface area (Å²) in [5.74, 6) is -1.08. The Kier molecular flexibility index (Phi) is 13.1. The molecule has 1 fully saturated rings. The molecule has 0 unspecified atom stereocenters. The number of aromatic amines is 2. The Bertz CT molecular complexity index is 2460. The maximum atomic E-state index is 13.9. The van der Waals surface area contributed by atoms with Gasteiger partial charge in [-0.05, 0) is 115 Å². The predicted octanol–water partition coefficient (Wildman–Crippen LogP) is 6.46. The van der Waals surface area contributed by atoms with Crippen molar-refractivity contribution in [3.05, 3.63) is 94.3 Å². The Balaban J connectivity index is 1.10. The number of amides is 4. The smallest absolute Gasteiger partial charge is 0.435 e. The molecule has 1 aliphatic carbocycles. The number of imidazole rings is 1. The zero-order chi connectivity index (χ0) is 44.1. The van der Waals surface area contributed by atoms with Gasteiger partial charge in [0.2, 0.25) is 11.8 Å². The normalized spacial score (nSPS) is 16.0. The van der Waals surface area contributed by atoms with Gasteiger partial charge in [0.1, 0.15) is 22.9 Å². The molecule has 0 saturated heterocycles. The Morgan fingerprint density at radius 2 is 1.52 bits per heavy atom. The van der Waals surface area contributed by atoms with Gasteiger partial charge in [0.15, 0.2) is 5.82 Å². The second-order valence-corrected chi connectivity index (χ2v) is 17.3. The van der Waals surface area contributed by atoms with Crippen molar-refractivity contribution in [3.63, 3.8) is 0 Å². The predicted molar refractivity (Wildman–Crippen MR) is 229 cm³/mol. The molecule has 0 radical (unpaired) electrons. The van der Waals surface area contributed by atoms with E-state index in [1.807, 2.05) is 45.0 Å². The molecule has 0 aliphatic heterocycles. The van der Waals surface area contributed by atoms with E-state index >= 15 is 0 Å². The van der Waals surface area contributed by atoms with Crippen molar-refractivity contribution >= 4 is 52.4 Å². The van der Waals surface area contributed by atoms with Crippen LogP contribution in [0.15, 0.2) is 71.7 Å². The molecular formula is C44H53N9O8. The number of nitrogens with one attached hydrogen (secondary N) is 6. The summed E-state index contributed by atoms with van der Waals surface area (Å²) >= 11 is 0. The molecule has 0 bridgehead atoms. The van der Waals surface area contributed by atoms with Gasteiger partial charge in [-0.1, -0.05) is 30.3 Å². The van der Waals surface area contributed by atoms with E-state index in [2.05, 4.69) is 41.3 Å². The average molecular weight is 836 g/mol. The fourth-order valence-corrected chi connectivity index (χ4v) is 7.04. The van der Waals surface area contributed by atoms with E-state index in [0.717, 1.165) is 34.2 Å². The maximum Gasteiger partial charge on any atom is 0.435 e. The number of benzene rings is 2. The topological polar surface area (TPSA) is 231 Å². The number of alkyl carbamates (subject to hydrolysis) is 1. The summed E-state index contributed by atoms with van der Waals surface area (Å²) in [7, 11) is 0. The van der Waals surface area contributed by atoms with Gasteiger partial charge in [0, 0.05) is 48.1 Å². The van der Waals surface area contributed by atoms with Crippen molar-refractivity contribution in [2.75, 3.05) is 17.2 Å². The number of carbonyl (C=O) groups excluding carboxylic acids is 5. The van der Waals surface area contributed by atoms with E-state index in [0.29, 0.717) is 41.8 Å². The van der Waals surface area contributed by atoms with E-state index in [4.69, 9.17) is 9.47 Å². The number of anilines is 2. The minimum atomic E-state index is -0.928. The number of hydrogen-bond acceptors (Lipinski definition) is 10. The molecule has 322 valence electrons. The molecule has 4 amide bonds. The molecule has 1 saturated carbocycles. The van der Waals surface area contributed by atoms with Crippen LogP contribution in [0.5, 0.6) is 0 Å². The first-order chi connectivity index (χ1) is 28.8. The number of hydrogen-bond donors (Lipinski definition) is 6. The van der Waals surface area contributed by atoms with E-state index in [1.54, 1.807) is 58.0 Å². The summed E-state index contributed by atoms with van der Waals surface area (Å²) in [4.78, 5) is 86.8. The number of ether oxygens (including phenoxy) is 2. The largest absolute Gasteiger partial charge is 0.444 e. The fourth-order valence-electron chi connectivity index (χ4n) is 7.04. The zero-order valence-corrected chi connectivity index (χ0v) is 35.4. The van der Waals surface area contributed by atoms with Crippen LogP contribution in [0.25, 0.3) is 22.2 Å². The molecule has 6 rings (SSSR count). The molecule has 1 aliphatic rings. The van der Waals surface area contributed by atoms with Crippen molar-refractivity contribution in [1.82, 2.24) is 35.4 Å². The minimum absolute atomic E-state index is 0.155. The lowest BCUT2D eigenvalue weighted by molar-refractivity contribution is -0.130. The van der Waals surface area contributed by atoms with Crippen LogP contribution < -0.4 is 27.0 Å². The Labute approximate surface area is 352 Å². The lowest BCUT2D eigenvalue weighted by atomic mass is 9.81. The van der Waals surface area contributed by atoms with Gasteiger partial charge >= 0.3 is 17.9 Å². The van der Waals surface area contributed by atoms with Gasteiger partial charge in [0.25, 0.3) is 5.91 Å². The average Bonchev–Trinajstić information content (AvgIpc) is 3.81. The lowest BCUT2D eigenvalue weighted by Crippen LogP contribution is -2.48. The Morgan fingerprint density at radius 1 is 0.836 bits per heavy atom. The first-order valence-corrected chi connectivity index (χ1v) is 20.3. The number of pyridine rings is 1. The van der Waals surface area contributed by atoms with Crippen LogP contribution in [0, 0.1) is 18.8 Å². The molecule has 6 N–H and O–H groups in total. The molecule has 61 heavy (non-hydrogen) atoms. The number of fused-ring (bicyclic) bond motifs is 1. The van der Waals surface area contributed by atoms with Gasteiger partial charge in [-0.2, -0.15) is 4.68 Å². The van der Waals surface area contributed by atoms with Crippen molar-refractivity contribution in [3.8, 4) is 11.1 Å². The molecule has 2 aromatic carbocycles. The highest BCUT2D eigenvalue weighted by molar-refractivity contribution is 6.02. The monoisotopic (exact) mass is 835 g/mol. The highest BCUT2D eigenvalue weighted by atomic mass is 16.6. The summed E-state index contributed by atoms with van der Waals surface area (Å²) in [5, 5.41) is 15.5. The first-order valence-electron chi connectivity index (χ1n) is 20.3. The second kappa shape index (κ2) is 18.2. The Hall–Kier alpha value is -6.78. The van der Waals surface area contributed by atoms with Crippen LogP contribution in [-0.2, 0) is 25.5 Å². The summed E-state index contributed by atoms with van der Waals surface area (Å²) in [5.41, 5.74) is 3.08. The maximum absolute atomic E-state index is 13.9. The van der Waals surface area contributed by atoms with E-state index in [9.17, 15) is 28.8 Å². The van der Waals surface area contributed by atoms with Crippen molar-refractivity contribution in [2.45, 2.75) is 97.8 Å². The molecule has 1 atom stereocenters. The van der Waals surface area contributed by atoms with E-state index in [-0.39, 0.29) is 41.4 Å². The SMILES string of the molecule is Cc1nc(C(=O)Nc2ccn(C(=O)OC(C)(C)C)n2)ccc1-c1ccc(C[C@H](NC(=O)C2CCC(CNC(=O)OC(C)(C)C)CC2)C(=O)Nc2ccc3[nH]c(=O)[nH]c3c2)cc1. The number of carbonyl (C=O) groups is 5. The molecule has 3 heterocycles. The summed E-state index contributed by atoms with van der Waals surface area (Å²) in [6, 6.07) is 16.5. The summed E-state index contributed by atoms with van der Waals surface area (Å²) in [6.07, 6.45) is 3.14. The Morgan fingerprint density at radius 3 is 2.20 bits per heavy atom. The van der Waals surface area contributed by atoms with Gasteiger partial charge in [-0.3, -0.25) is 14.4 Å². The third-order valence-electron chi connectivity index (χ3n) is 10.0. The fraction of sp³-hybridized carbons (Fsp3) is 0.409. The van der Waals surface area contributed by atoms with Crippen molar-refractivity contribution in [1.29, 1.82) is 0 Å². The zero-order valence-electron chi connectivity index (χ0n) is 35.4. The third kappa shape index (κ3) is 12.1. The molecule has 5 aromatic rings. The van der Waals surface area contributed by atoms with Crippen molar-refractivity contribution in [2.24, 2.45) is 11.8 Å². The van der Waals surface area contributed by atoms with E-state index < -0.39 is 41.2 Å². The number of aryl methyl sites for hydroxylation is 1. The first kappa shape index (κ1) is 43.8. The number of rotatable bonds is 11. The molecule has 17 nitrogen and oxygen atoms in total. The molecule has 0 spiro atoms. The van der Waals surface area contributed by atoms with Crippen molar-refractivity contribution < 1.29 is 33.4 Å². The standard InChI is InChI=1S/C44H53N9O8/c1-25-31(17-19-33(46-25)38(55)51-36-20-21-53(52-36)42(59)61-44(5,6)7)28-12-8-26(9-13-28)22-35(39(56)47-30-16-18-32-34(23-30)50-40(57)49-32)48-37(54)29-14-10-27(11-15-29)24-45-41(58)60-43(2,3)4/h8-9,12-13,16-21,23,27,29,35H,10-11,14-15,22,24H2,1-7H3,(H,45,58)(H,47,56)(H,48,54)(H2,49,50,57)(H,51,52,55)/t27?,29?,35-/m0/s1. The molecule has 3 aromatic heterocycles. The van der Waals surface area contributed by atoms with E-state index in [1.165, 1.54) is 12.3 Å². The minimum Gasteiger partial charge on any atom is -0.444 e. The number of H-pyrrole nitrogens is 2. The van der Waals surface area contributed by atoms with Gasteiger partial charge < -0.3 is 40.7 Å². The third-order valence-corrected chi connectivity index (χ3v) is 10.0. The molecule has 17 heteroatoms. The van der Waals surface area contributed by atoms with Crippen LogP contribution in [0.2, 0.25) is 0 Å². The second-order valence-electron chi connectivity index (χ2n) is 17.3. The van der Waals surface area contributed by atoms with Crippen LogP contribution in [0.4, 0.5) is 21.1 Å².